The van der Waals surface area contributed by atoms with Crippen LogP contribution in [0.1, 0.15) is 56.0 Å². The Balaban J connectivity index is 1.39. The van der Waals surface area contributed by atoms with E-state index in [0.29, 0.717) is 5.56 Å². The second-order valence-electron chi connectivity index (χ2n) is 8.99. The first-order valence-electron chi connectivity index (χ1n) is 11.6. The molecular weight excluding hydrogens is 480 g/mol. The molecule has 1 amide bonds. The van der Waals surface area contributed by atoms with Gasteiger partial charge in [-0.25, -0.2) is 8.42 Å². The average molecular weight is 505 g/mol. The van der Waals surface area contributed by atoms with Crippen molar-refractivity contribution >= 4 is 33.2 Å². The van der Waals surface area contributed by atoms with Crippen LogP contribution in [0.25, 0.3) is 0 Å². The van der Waals surface area contributed by atoms with Gasteiger partial charge in [-0.05, 0) is 44.2 Å². The molecule has 0 saturated carbocycles. The smallest absolute Gasteiger partial charge is 0.255 e. The van der Waals surface area contributed by atoms with Crippen LogP contribution in [0.4, 0.5) is 5.69 Å². The van der Waals surface area contributed by atoms with Crippen LogP contribution >= 0.6 is 0 Å². The number of amides is 1. The van der Waals surface area contributed by atoms with Crippen molar-refractivity contribution in [3.8, 4) is 0 Å². The first-order chi connectivity index (χ1) is 17.2. The van der Waals surface area contributed by atoms with E-state index in [9.17, 15) is 22.8 Å². The van der Waals surface area contributed by atoms with Gasteiger partial charge in [0.2, 0.25) is 10.0 Å². The van der Waals surface area contributed by atoms with Crippen LogP contribution in [-0.4, -0.2) is 55.5 Å². The molecule has 1 N–H and O–H groups in total. The highest BCUT2D eigenvalue weighted by molar-refractivity contribution is 7.89. The van der Waals surface area contributed by atoms with Crippen LogP contribution in [0.2, 0.25) is 0 Å². The zero-order valence-electron chi connectivity index (χ0n) is 19.7. The summed E-state index contributed by atoms with van der Waals surface area (Å²) in [5.41, 5.74) is 1.43. The van der Waals surface area contributed by atoms with Crippen LogP contribution < -0.4 is 5.32 Å². The van der Waals surface area contributed by atoms with Crippen molar-refractivity contribution in [2.75, 3.05) is 18.4 Å². The third kappa shape index (κ3) is 4.15. The van der Waals surface area contributed by atoms with Crippen molar-refractivity contribution in [1.29, 1.82) is 0 Å². The lowest BCUT2D eigenvalue weighted by atomic mass is 9.83. The number of ketones is 2. The van der Waals surface area contributed by atoms with E-state index in [4.69, 9.17) is 4.74 Å². The molecule has 1 aliphatic carbocycles. The topological polar surface area (TPSA) is 110 Å². The largest absolute Gasteiger partial charge is 0.373 e. The summed E-state index contributed by atoms with van der Waals surface area (Å²) in [6.45, 7) is 4.16. The van der Waals surface area contributed by atoms with Crippen molar-refractivity contribution in [1.82, 2.24) is 4.31 Å². The molecule has 5 rings (SSSR count). The van der Waals surface area contributed by atoms with Crippen LogP contribution in [0.5, 0.6) is 0 Å². The number of anilines is 1. The molecule has 2 unspecified atom stereocenters. The van der Waals surface area contributed by atoms with E-state index in [1.54, 1.807) is 42.5 Å². The lowest BCUT2D eigenvalue weighted by Gasteiger charge is -2.34. The van der Waals surface area contributed by atoms with Gasteiger partial charge in [0.05, 0.1) is 28.4 Å². The summed E-state index contributed by atoms with van der Waals surface area (Å²) >= 11 is 0. The average Bonchev–Trinajstić information content (AvgIpc) is 2.86. The lowest BCUT2D eigenvalue weighted by molar-refractivity contribution is -0.0440. The molecule has 0 radical (unpaired) electrons. The van der Waals surface area contributed by atoms with E-state index >= 15 is 0 Å². The highest BCUT2D eigenvalue weighted by Gasteiger charge is 2.33. The quantitative estimate of drug-likeness (QED) is 0.456. The first-order valence-corrected chi connectivity index (χ1v) is 13.0. The van der Waals surface area contributed by atoms with E-state index < -0.39 is 15.9 Å². The lowest BCUT2D eigenvalue weighted by Crippen LogP contribution is -2.48. The molecule has 0 aromatic heterocycles. The minimum absolute atomic E-state index is 0.0785. The maximum atomic E-state index is 13.2. The van der Waals surface area contributed by atoms with Crippen molar-refractivity contribution in [3.05, 3.63) is 94.5 Å². The standard InChI is InChI=1S/C27H24N2O6S/c1-16-14-29(15-17(2)35-16)36(33,34)19-12-10-18(11-13-19)27(32)28-23-9-5-8-22-24(23)26(31)21-7-4-3-6-20(21)25(22)30/h3-13,16-17H,14-15H2,1-2H3,(H,28,32). The molecule has 1 aliphatic heterocycles. The van der Waals surface area contributed by atoms with Gasteiger partial charge in [0.25, 0.3) is 5.91 Å². The van der Waals surface area contributed by atoms with E-state index in [2.05, 4.69) is 5.32 Å². The summed E-state index contributed by atoms with van der Waals surface area (Å²) in [6.07, 6.45) is -0.432. The Morgan fingerprint density at radius 3 is 2.06 bits per heavy atom. The van der Waals surface area contributed by atoms with Crippen LogP contribution in [-0.2, 0) is 14.8 Å². The Bertz CT molecular complexity index is 1490. The summed E-state index contributed by atoms with van der Waals surface area (Å²) in [5.74, 6) is -1.15. The fourth-order valence-electron chi connectivity index (χ4n) is 4.70. The SMILES string of the molecule is CC1CN(S(=O)(=O)c2ccc(C(=O)Nc3cccc4c3C(=O)c3ccccc3C4=O)cc2)CC(C)O1. The number of hydrogen-bond donors (Lipinski definition) is 1. The summed E-state index contributed by atoms with van der Waals surface area (Å²) in [5, 5.41) is 2.71. The minimum atomic E-state index is -3.74. The number of nitrogens with one attached hydrogen (secondary N) is 1. The van der Waals surface area contributed by atoms with Crippen molar-refractivity contribution in [2.24, 2.45) is 0 Å². The Hall–Kier alpha value is -3.66. The fourth-order valence-corrected chi connectivity index (χ4v) is 6.29. The number of benzene rings is 3. The first kappa shape index (κ1) is 24.1. The summed E-state index contributed by atoms with van der Waals surface area (Å²) in [4.78, 5) is 39.2. The molecule has 0 bridgehead atoms. The maximum absolute atomic E-state index is 13.2. The molecular formula is C27H24N2O6S. The van der Waals surface area contributed by atoms with E-state index in [1.807, 2.05) is 13.8 Å². The van der Waals surface area contributed by atoms with Crippen LogP contribution in [0.3, 0.4) is 0 Å². The van der Waals surface area contributed by atoms with Gasteiger partial charge in [0.15, 0.2) is 11.6 Å². The number of rotatable bonds is 4. The van der Waals surface area contributed by atoms with Crippen LogP contribution in [0.15, 0.2) is 71.6 Å². The molecule has 36 heavy (non-hydrogen) atoms. The zero-order valence-corrected chi connectivity index (χ0v) is 20.5. The van der Waals surface area contributed by atoms with Gasteiger partial charge in [0.1, 0.15) is 0 Å². The summed E-state index contributed by atoms with van der Waals surface area (Å²) in [7, 11) is -3.74. The van der Waals surface area contributed by atoms with E-state index in [1.165, 1.54) is 28.6 Å². The number of fused-ring (bicyclic) bond motifs is 2. The van der Waals surface area contributed by atoms with Gasteiger partial charge in [-0.15, -0.1) is 0 Å². The zero-order chi connectivity index (χ0) is 25.6. The normalized spacial score (nSPS) is 19.9. The second-order valence-corrected chi connectivity index (χ2v) is 10.9. The molecule has 1 heterocycles. The Morgan fingerprint density at radius 2 is 1.42 bits per heavy atom. The number of hydrogen-bond acceptors (Lipinski definition) is 6. The van der Waals surface area contributed by atoms with Gasteiger partial charge < -0.3 is 10.1 Å². The molecule has 3 aromatic carbocycles. The molecule has 184 valence electrons. The molecule has 9 heteroatoms. The Labute approximate surface area is 208 Å². The number of sulfonamides is 1. The second kappa shape index (κ2) is 9.09. The third-order valence-corrected chi connectivity index (χ3v) is 8.19. The molecule has 8 nitrogen and oxygen atoms in total. The predicted octanol–water partition coefficient (Wildman–Crippen LogP) is 3.51. The predicted molar refractivity (Wildman–Crippen MR) is 133 cm³/mol. The van der Waals surface area contributed by atoms with Gasteiger partial charge in [-0.3, -0.25) is 14.4 Å². The van der Waals surface area contributed by atoms with Crippen molar-refractivity contribution in [2.45, 2.75) is 31.0 Å². The number of morpholine rings is 1. The Morgan fingerprint density at radius 1 is 0.833 bits per heavy atom. The number of carbonyl (C=O) groups is 3. The molecule has 2 atom stereocenters. The van der Waals surface area contributed by atoms with E-state index in [0.717, 1.165) is 0 Å². The molecule has 3 aromatic rings. The third-order valence-electron chi connectivity index (χ3n) is 6.34. The highest BCUT2D eigenvalue weighted by Crippen LogP contribution is 2.32. The van der Waals surface area contributed by atoms with Gasteiger partial charge in [0, 0.05) is 35.3 Å². The monoisotopic (exact) mass is 504 g/mol. The molecule has 1 fully saturated rings. The number of nitrogens with zero attached hydrogens (tertiary/aromatic N) is 1. The molecule has 2 aliphatic rings. The van der Waals surface area contributed by atoms with Crippen molar-refractivity contribution in [3.63, 3.8) is 0 Å². The van der Waals surface area contributed by atoms with E-state index in [-0.39, 0.29) is 69.7 Å². The minimum Gasteiger partial charge on any atom is -0.373 e. The van der Waals surface area contributed by atoms with Crippen molar-refractivity contribution < 1.29 is 27.5 Å². The number of carbonyl (C=O) groups excluding carboxylic acids is 3. The molecule has 0 spiro atoms. The van der Waals surface area contributed by atoms with Crippen LogP contribution in [0, 0.1) is 0 Å². The summed E-state index contributed by atoms with van der Waals surface area (Å²) < 4.78 is 33.2. The highest BCUT2D eigenvalue weighted by atomic mass is 32.2. The fraction of sp³-hybridized carbons (Fsp3) is 0.222. The molecule has 1 saturated heterocycles. The number of ether oxygens (including phenoxy) is 1. The van der Waals surface area contributed by atoms with Gasteiger partial charge >= 0.3 is 0 Å². The van der Waals surface area contributed by atoms with Gasteiger partial charge in [-0.1, -0.05) is 36.4 Å². The Kier molecular flexibility index (Phi) is 6.07. The summed E-state index contributed by atoms with van der Waals surface area (Å²) in [6, 6.07) is 16.9. The maximum Gasteiger partial charge on any atom is 0.255 e. The van der Waals surface area contributed by atoms with Gasteiger partial charge in [-0.2, -0.15) is 4.31 Å².